The van der Waals surface area contributed by atoms with Crippen LogP contribution in [0.25, 0.3) is 0 Å². The van der Waals surface area contributed by atoms with Gasteiger partial charge in [-0.15, -0.1) is 0 Å². The Labute approximate surface area is 150 Å². The summed E-state index contributed by atoms with van der Waals surface area (Å²) in [7, 11) is 1.57. The molecular formula is C19H18FN3O3. The third-order valence-corrected chi connectivity index (χ3v) is 4.12. The molecule has 1 heterocycles. The Bertz CT molecular complexity index is 836. The van der Waals surface area contributed by atoms with Crippen LogP contribution in [0, 0.1) is 11.7 Å². The van der Waals surface area contributed by atoms with Gasteiger partial charge in [0.2, 0.25) is 11.8 Å². The highest BCUT2D eigenvalue weighted by atomic mass is 19.1. The number of hydrazone groups is 1. The van der Waals surface area contributed by atoms with Crippen molar-refractivity contribution in [2.75, 3.05) is 18.6 Å². The number of nitrogens with one attached hydrogen (secondary N) is 1. The van der Waals surface area contributed by atoms with Crippen molar-refractivity contribution in [2.45, 2.75) is 6.42 Å². The van der Waals surface area contributed by atoms with Crippen molar-refractivity contribution >= 4 is 23.7 Å². The van der Waals surface area contributed by atoms with Crippen molar-refractivity contribution in [1.29, 1.82) is 0 Å². The topological polar surface area (TPSA) is 71.0 Å². The Morgan fingerprint density at radius 2 is 2.08 bits per heavy atom. The molecule has 134 valence electrons. The minimum atomic E-state index is -0.505. The number of benzene rings is 2. The molecule has 2 aromatic carbocycles. The standard InChI is InChI=1S/C19H18FN3O3/c1-26-17-4-2-3-13(9-17)11-21-22-19(25)14-10-18(24)23(12-14)16-7-5-15(20)6-8-16/h2-9,11,14H,10,12H2,1H3,(H,22,25)/b21-11-/t14-/m1/s1. The number of methoxy groups -OCH3 is 1. The van der Waals surface area contributed by atoms with Crippen molar-refractivity contribution < 1.29 is 18.7 Å². The summed E-state index contributed by atoms with van der Waals surface area (Å²) >= 11 is 0. The maximum atomic E-state index is 13.0. The highest BCUT2D eigenvalue weighted by molar-refractivity contribution is 6.00. The number of amides is 2. The van der Waals surface area contributed by atoms with Crippen molar-refractivity contribution in [3.05, 3.63) is 59.9 Å². The molecule has 0 spiro atoms. The van der Waals surface area contributed by atoms with Gasteiger partial charge < -0.3 is 9.64 Å². The Morgan fingerprint density at radius 3 is 2.81 bits per heavy atom. The van der Waals surface area contributed by atoms with Gasteiger partial charge in [-0.25, -0.2) is 9.82 Å². The van der Waals surface area contributed by atoms with Gasteiger partial charge in [-0.2, -0.15) is 5.10 Å². The minimum absolute atomic E-state index is 0.0951. The summed E-state index contributed by atoms with van der Waals surface area (Å²) in [5.74, 6) is -0.691. The summed E-state index contributed by atoms with van der Waals surface area (Å²) in [5.41, 5.74) is 3.82. The molecule has 2 amide bonds. The van der Waals surface area contributed by atoms with Gasteiger partial charge in [0, 0.05) is 18.7 Å². The van der Waals surface area contributed by atoms with E-state index >= 15 is 0 Å². The summed E-state index contributed by atoms with van der Waals surface area (Å²) in [6, 6.07) is 12.9. The number of nitrogens with zero attached hydrogens (tertiary/aromatic N) is 2. The third kappa shape index (κ3) is 4.05. The molecule has 0 aliphatic carbocycles. The van der Waals surface area contributed by atoms with E-state index in [0.29, 0.717) is 11.4 Å². The highest BCUT2D eigenvalue weighted by Gasteiger charge is 2.35. The van der Waals surface area contributed by atoms with E-state index in [-0.39, 0.29) is 30.6 Å². The lowest BCUT2D eigenvalue weighted by Crippen LogP contribution is -2.30. The Hall–Kier alpha value is -3.22. The Balaban J connectivity index is 1.59. The van der Waals surface area contributed by atoms with E-state index in [1.165, 1.54) is 35.4 Å². The Kier molecular flexibility index (Phi) is 5.26. The molecule has 0 bridgehead atoms. The first-order chi connectivity index (χ1) is 12.6. The number of carbonyl (C=O) groups is 2. The van der Waals surface area contributed by atoms with Crippen LogP contribution in [-0.2, 0) is 9.59 Å². The van der Waals surface area contributed by atoms with Crippen LogP contribution in [0.15, 0.2) is 53.6 Å². The van der Waals surface area contributed by atoms with Crippen LogP contribution in [0.5, 0.6) is 5.75 Å². The maximum absolute atomic E-state index is 13.0. The molecular weight excluding hydrogens is 337 g/mol. The predicted octanol–water partition coefficient (Wildman–Crippen LogP) is 2.34. The van der Waals surface area contributed by atoms with Crippen molar-refractivity contribution in [1.82, 2.24) is 5.43 Å². The smallest absolute Gasteiger partial charge is 0.245 e. The summed E-state index contributed by atoms with van der Waals surface area (Å²) in [4.78, 5) is 25.9. The van der Waals surface area contributed by atoms with Crippen LogP contribution in [0.2, 0.25) is 0 Å². The minimum Gasteiger partial charge on any atom is -0.497 e. The fourth-order valence-corrected chi connectivity index (χ4v) is 2.74. The van der Waals surface area contributed by atoms with Crippen LogP contribution in [0.1, 0.15) is 12.0 Å². The number of hydrogen-bond acceptors (Lipinski definition) is 4. The molecule has 3 rings (SSSR count). The first-order valence-electron chi connectivity index (χ1n) is 8.09. The molecule has 0 saturated carbocycles. The molecule has 1 N–H and O–H groups in total. The second-order valence-electron chi connectivity index (χ2n) is 5.89. The van der Waals surface area contributed by atoms with Gasteiger partial charge in [0.15, 0.2) is 0 Å². The van der Waals surface area contributed by atoms with E-state index in [1.54, 1.807) is 13.2 Å². The molecule has 1 aliphatic rings. The van der Waals surface area contributed by atoms with Crippen LogP contribution in [-0.4, -0.2) is 31.7 Å². The van der Waals surface area contributed by atoms with Crippen LogP contribution in [0.3, 0.4) is 0 Å². The fourth-order valence-electron chi connectivity index (χ4n) is 2.74. The van der Waals surface area contributed by atoms with Gasteiger partial charge in [0.25, 0.3) is 0 Å². The average Bonchev–Trinajstić information content (AvgIpc) is 3.04. The third-order valence-electron chi connectivity index (χ3n) is 4.12. The quantitative estimate of drug-likeness (QED) is 0.661. The molecule has 0 aromatic heterocycles. The lowest BCUT2D eigenvalue weighted by molar-refractivity contribution is -0.126. The first-order valence-corrected chi connectivity index (χ1v) is 8.09. The number of halogens is 1. The number of ether oxygens (including phenoxy) is 1. The van der Waals surface area contributed by atoms with E-state index in [2.05, 4.69) is 10.5 Å². The predicted molar refractivity (Wildman–Crippen MR) is 95.6 cm³/mol. The molecule has 6 nitrogen and oxygen atoms in total. The van der Waals surface area contributed by atoms with E-state index in [9.17, 15) is 14.0 Å². The zero-order valence-electron chi connectivity index (χ0n) is 14.2. The normalized spacial score (nSPS) is 16.9. The number of carbonyl (C=O) groups excluding carboxylic acids is 2. The molecule has 7 heteroatoms. The number of anilines is 1. The molecule has 1 fully saturated rings. The largest absolute Gasteiger partial charge is 0.497 e. The van der Waals surface area contributed by atoms with Crippen LogP contribution in [0.4, 0.5) is 10.1 Å². The van der Waals surface area contributed by atoms with E-state index < -0.39 is 5.92 Å². The second-order valence-corrected chi connectivity index (χ2v) is 5.89. The van der Waals surface area contributed by atoms with Gasteiger partial charge in [0.05, 0.1) is 19.2 Å². The molecule has 0 radical (unpaired) electrons. The van der Waals surface area contributed by atoms with Crippen LogP contribution < -0.4 is 15.1 Å². The zero-order chi connectivity index (χ0) is 18.5. The summed E-state index contributed by atoms with van der Waals surface area (Å²) in [6.45, 7) is 0.241. The van der Waals surface area contributed by atoms with E-state index in [0.717, 1.165) is 5.56 Å². The van der Waals surface area contributed by atoms with E-state index in [1.807, 2.05) is 18.2 Å². The first kappa shape index (κ1) is 17.6. The maximum Gasteiger partial charge on any atom is 0.245 e. The van der Waals surface area contributed by atoms with Gasteiger partial charge in [0.1, 0.15) is 11.6 Å². The van der Waals surface area contributed by atoms with Crippen LogP contribution >= 0.6 is 0 Å². The summed E-state index contributed by atoms with van der Waals surface area (Å²) in [5, 5.41) is 3.94. The van der Waals surface area contributed by atoms with Crippen molar-refractivity contribution in [3.63, 3.8) is 0 Å². The van der Waals surface area contributed by atoms with Gasteiger partial charge in [-0.1, -0.05) is 12.1 Å². The second kappa shape index (κ2) is 7.77. The summed E-state index contributed by atoms with van der Waals surface area (Å²) in [6.07, 6.45) is 1.60. The molecule has 1 atom stereocenters. The average molecular weight is 355 g/mol. The van der Waals surface area contributed by atoms with Crippen molar-refractivity contribution in [3.8, 4) is 5.75 Å². The highest BCUT2D eigenvalue weighted by Crippen LogP contribution is 2.25. The lowest BCUT2D eigenvalue weighted by Gasteiger charge is -2.16. The molecule has 2 aromatic rings. The van der Waals surface area contributed by atoms with Gasteiger partial charge in [-0.3, -0.25) is 9.59 Å². The fraction of sp³-hybridized carbons (Fsp3) is 0.211. The molecule has 26 heavy (non-hydrogen) atoms. The van der Waals surface area contributed by atoms with Crippen molar-refractivity contribution in [2.24, 2.45) is 11.0 Å². The number of hydrogen-bond donors (Lipinski definition) is 1. The monoisotopic (exact) mass is 355 g/mol. The molecule has 1 saturated heterocycles. The van der Waals surface area contributed by atoms with E-state index in [4.69, 9.17) is 4.74 Å². The number of rotatable bonds is 5. The van der Waals surface area contributed by atoms with Gasteiger partial charge >= 0.3 is 0 Å². The van der Waals surface area contributed by atoms with Gasteiger partial charge in [-0.05, 0) is 42.0 Å². The SMILES string of the molecule is COc1cccc(/C=N\NC(=O)[C@@H]2CC(=O)N(c3ccc(F)cc3)C2)c1. The summed E-state index contributed by atoms with van der Waals surface area (Å²) < 4.78 is 18.1. The molecule has 1 aliphatic heterocycles. The Morgan fingerprint density at radius 1 is 1.31 bits per heavy atom. The lowest BCUT2D eigenvalue weighted by atomic mass is 10.1. The molecule has 0 unspecified atom stereocenters. The zero-order valence-corrected chi connectivity index (χ0v) is 14.2.